The van der Waals surface area contributed by atoms with E-state index in [2.05, 4.69) is 15.4 Å². The van der Waals surface area contributed by atoms with Crippen molar-refractivity contribution in [1.29, 1.82) is 0 Å². The molecule has 0 aromatic heterocycles. The smallest absolute Gasteiger partial charge is 0.242 e. The van der Waals surface area contributed by atoms with Gasteiger partial charge in [0.15, 0.2) is 5.84 Å². The zero-order chi connectivity index (χ0) is 13.4. The summed E-state index contributed by atoms with van der Waals surface area (Å²) in [5.41, 5.74) is 0.802. The Hall–Kier alpha value is -2.28. The first kappa shape index (κ1) is 11.8. The number of nitrogens with one attached hydrogen (secondary N) is 1. The van der Waals surface area contributed by atoms with E-state index < -0.39 is 5.92 Å². The van der Waals surface area contributed by atoms with E-state index in [1.165, 1.54) is 0 Å². The van der Waals surface area contributed by atoms with Crippen molar-refractivity contribution in [1.82, 2.24) is 5.32 Å². The summed E-state index contributed by atoms with van der Waals surface area (Å²) in [7, 11) is 1.60. The fourth-order valence-electron chi connectivity index (χ4n) is 1.93. The Bertz CT molecular complexity index is 609. The number of amides is 1. The number of amidine groups is 1. The molecule has 1 unspecified atom stereocenters. The van der Waals surface area contributed by atoms with Gasteiger partial charge in [0, 0.05) is 6.21 Å². The van der Waals surface area contributed by atoms with Gasteiger partial charge in [-0.3, -0.25) is 4.79 Å². The highest BCUT2D eigenvalue weighted by Crippen LogP contribution is 2.25. The highest BCUT2D eigenvalue weighted by atomic mass is 32.1. The van der Waals surface area contributed by atoms with Crippen LogP contribution >= 0.6 is 12.2 Å². The van der Waals surface area contributed by atoms with Crippen molar-refractivity contribution in [2.24, 2.45) is 16.0 Å². The van der Waals surface area contributed by atoms with Crippen LogP contribution in [0.15, 0.2) is 34.4 Å². The lowest BCUT2D eigenvalue weighted by molar-refractivity contribution is -0.120. The first-order chi connectivity index (χ1) is 9.19. The van der Waals surface area contributed by atoms with Gasteiger partial charge in [-0.25, -0.2) is 10.0 Å². The second kappa shape index (κ2) is 4.43. The molecule has 1 amide bonds. The molecule has 0 bridgehead atoms. The lowest BCUT2D eigenvalue weighted by Gasteiger charge is -2.21. The Labute approximate surface area is 114 Å². The highest BCUT2D eigenvalue weighted by Gasteiger charge is 2.36. The van der Waals surface area contributed by atoms with Crippen LogP contribution in [0.25, 0.3) is 0 Å². The Balaban J connectivity index is 1.95. The molecule has 0 saturated heterocycles. The third-order valence-electron chi connectivity index (χ3n) is 2.87. The molecule has 1 aromatic rings. The fourth-order valence-corrected chi connectivity index (χ4v) is 2.12. The van der Waals surface area contributed by atoms with E-state index in [0.717, 1.165) is 11.4 Å². The normalized spacial score (nSPS) is 21.0. The summed E-state index contributed by atoms with van der Waals surface area (Å²) in [6.45, 7) is 0. The SMILES string of the molecule is COc1ccc(N2N=CC3C(=O)NC(=S)N=C32)cc1. The van der Waals surface area contributed by atoms with Crippen LogP contribution in [0.4, 0.5) is 5.69 Å². The maximum Gasteiger partial charge on any atom is 0.242 e. The zero-order valence-electron chi connectivity index (χ0n) is 10.0. The van der Waals surface area contributed by atoms with Crippen molar-refractivity contribution in [3.05, 3.63) is 24.3 Å². The minimum atomic E-state index is -0.478. The molecule has 0 radical (unpaired) electrons. The summed E-state index contributed by atoms with van der Waals surface area (Å²) in [6.07, 6.45) is 1.56. The molecule has 1 aromatic carbocycles. The number of methoxy groups -OCH3 is 1. The molecule has 19 heavy (non-hydrogen) atoms. The first-order valence-electron chi connectivity index (χ1n) is 5.61. The van der Waals surface area contributed by atoms with E-state index in [-0.39, 0.29) is 11.0 Å². The van der Waals surface area contributed by atoms with E-state index in [1.807, 2.05) is 24.3 Å². The van der Waals surface area contributed by atoms with Gasteiger partial charge < -0.3 is 10.1 Å². The van der Waals surface area contributed by atoms with Gasteiger partial charge in [-0.15, -0.1) is 0 Å². The average molecular weight is 274 g/mol. The zero-order valence-corrected chi connectivity index (χ0v) is 10.8. The Morgan fingerprint density at radius 2 is 2.11 bits per heavy atom. The maximum absolute atomic E-state index is 11.7. The van der Waals surface area contributed by atoms with Gasteiger partial charge in [0.25, 0.3) is 0 Å². The van der Waals surface area contributed by atoms with Crippen molar-refractivity contribution in [2.75, 3.05) is 12.1 Å². The number of ether oxygens (including phenoxy) is 1. The van der Waals surface area contributed by atoms with Crippen LogP contribution in [-0.2, 0) is 4.79 Å². The molecule has 3 rings (SSSR count). The highest BCUT2D eigenvalue weighted by molar-refractivity contribution is 7.80. The van der Waals surface area contributed by atoms with Crippen LogP contribution in [-0.4, -0.2) is 30.2 Å². The second-order valence-electron chi connectivity index (χ2n) is 4.02. The minimum absolute atomic E-state index is 0.167. The number of carbonyl (C=O) groups is 1. The third-order valence-corrected chi connectivity index (χ3v) is 3.07. The van der Waals surface area contributed by atoms with Crippen molar-refractivity contribution in [3.8, 4) is 5.75 Å². The van der Waals surface area contributed by atoms with Crippen LogP contribution in [0.5, 0.6) is 5.75 Å². The van der Waals surface area contributed by atoms with Gasteiger partial charge in [-0.2, -0.15) is 5.10 Å². The number of hydrogen-bond acceptors (Lipinski definition) is 5. The maximum atomic E-state index is 11.7. The van der Waals surface area contributed by atoms with Crippen molar-refractivity contribution in [3.63, 3.8) is 0 Å². The van der Waals surface area contributed by atoms with Gasteiger partial charge in [0.1, 0.15) is 11.7 Å². The fraction of sp³-hybridized carbons (Fsp3) is 0.167. The number of nitrogens with zero attached hydrogens (tertiary/aromatic N) is 3. The molecule has 2 heterocycles. The number of rotatable bonds is 2. The number of anilines is 1. The molecule has 1 N–H and O–H groups in total. The van der Waals surface area contributed by atoms with Gasteiger partial charge in [0.05, 0.1) is 12.8 Å². The summed E-state index contributed by atoms with van der Waals surface area (Å²) in [6, 6.07) is 7.33. The van der Waals surface area contributed by atoms with Crippen molar-refractivity contribution < 1.29 is 9.53 Å². The lowest BCUT2D eigenvalue weighted by Crippen LogP contribution is -2.45. The van der Waals surface area contributed by atoms with E-state index in [4.69, 9.17) is 17.0 Å². The average Bonchev–Trinajstić information content (AvgIpc) is 2.83. The summed E-state index contributed by atoms with van der Waals surface area (Å²) < 4.78 is 5.10. The Morgan fingerprint density at radius 1 is 1.37 bits per heavy atom. The number of fused-ring (bicyclic) bond motifs is 1. The quantitative estimate of drug-likeness (QED) is 0.815. The number of hydrogen-bond donors (Lipinski definition) is 1. The number of aliphatic imine (C=N–C) groups is 1. The number of benzene rings is 1. The van der Waals surface area contributed by atoms with E-state index in [0.29, 0.717) is 5.84 Å². The Kier molecular flexibility index (Phi) is 2.75. The van der Waals surface area contributed by atoms with Crippen LogP contribution < -0.4 is 15.1 Å². The predicted molar refractivity (Wildman–Crippen MR) is 75.6 cm³/mol. The van der Waals surface area contributed by atoms with Gasteiger partial charge in [0.2, 0.25) is 11.0 Å². The van der Waals surface area contributed by atoms with Crippen molar-refractivity contribution in [2.45, 2.75) is 0 Å². The van der Waals surface area contributed by atoms with Crippen LogP contribution in [0.1, 0.15) is 0 Å². The van der Waals surface area contributed by atoms with Crippen LogP contribution in [0.3, 0.4) is 0 Å². The summed E-state index contributed by atoms with van der Waals surface area (Å²) >= 11 is 4.93. The molecule has 0 spiro atoms. The first-order valence-corrected chi connectivity index (χ1v) is 6.01. The second-order valence-corrected chi connectivity index (χ2v) is 4.40. The molecule has 6 nitrogen and oxygen atoms in total. The monoisotopic (exact) mass is 274 g/mol. The lowest BCUT2D eigenvalue weighted by atomic mass is 10.1. The number of thiocarbonyl (C=S) groups is 1. The molecule has 2 aliphatic rings. The minimum Gasteiger partial charge on any atom is -0.497 e. The van der Waals surface area contributed by atoms with Crippen LogP contribution in [0, 0.1) is 5.92 Å². The van der Waals surface area contributed by atoms with E-state index >= 15 is 0 Å². The molecule has 2 aliphatic heterocycles. The van der Waals surface area contributed by atoms with Gasteiger partial charge in [-0.05, 0) is 36.5 Å². The molecule has 0 fully saturated rings. The molecule has 1 atom stereocenters. The van der Waals surface area contributed by atoms with E-state index in [9.17, 15) is 4.79 Å². The molecule has 96 valence electrons. The van der Waals surface area contributed by atoms with Gasteiger partial charge in [-0.1, -0.05) is 0 Å². The number of carbonyl (C=O) groups excluding carboxylic acids is 1. The molecule has 7 heteroatoms. The third kappa shape index (κ3) is 1.97. The Morgan fingerprint density at radius 3 is 2.79 bits per heavy atom. The van der Waals surface area contributed by atoms with Gasteiger partial charge >= 0.3 is 0 Å². The predicted octanol–water partition coefficient (Wildman–Crippen LogP) is 0.930. The topological polar surface area (TPSA) is 66.3 Å². The van der Waals surface area contributed by atoms with Crippen molar-refractivity contribution >= 4 is 41.0 Å². The standard InChI is InChI=1S/C12H10N4O2S/c1-18-8-4-2-7(3-5-8)16-10-9(6-13-16)11(17)15-12(19)14-10/h2-6,9H,1H3,(H,15,17,19). The molecular formula is C12H10N4O2S. The number of hydrazone groups is 1. The van der Waals surface area contributed by atoms with E-state index in [1.54, 1.807) is 18.3 Å². The molecular weight excluding hydrogens is 264 g/mol. The largest absolute Gasteiger partial charge is 0.497 e. The van der Waals surface area contributed by atoms with Crippen LogP contribution in [0.2, 0.25) is 0 Å². The molecule has 0 saturated carbocycles. The summed E-state index contributed by atoms with van der Waals surface area (Å²) in [5.74, 6) is 0.602. The summed E-state index contributed by atoms with van der Waals surface area (Å²) in [5, 5.41) is 8.49. The summed E-state index contributed by atoms with van der Waals surface area (Å²) in [4.78, 5) is 15.9. The molecule has 0 aliphatic carbocycles.